The van der Waals surface area contributed by atoms with Gasteiger partial charge in [0.05, 0.1) is 12.6 Å². The fourth-order valence-electron chi connectivity index (χ4n) is 2.70. The highest BCUT2D eigenvalue weighted by molar-refractivity contribution is 5.83. The van der Waals surface area contributed by atoms with Crippen molar-refractivity contribution in [1.29, 1.82) is 0 Å². The van der Waals surface area contributed by atoms with Crippen LogP contribution in [-0.4, -0.2) is 16.8 Å². The van der Waals surface area contributed by atoms with Crippen LogP contribution >= 0.6 is 0 Å². The molecule has 2 aromatic carbocycles. The van der Waals surface area contributed by atoms with E-state index in [1.54, 1.807) is 6.20 Å². The van der Waals surface area contributed by atoms with Gasteiger partial charge in [-0.25, -0.2) is 4.98 Å². The summed E-state index contributed by atoms with van der Waals surface area (Å²) in [5.41, 5.74) is 9.08. The third kappa shape index (κ3) is 5.30. The zero-order valence-electron chi connectivity index (χ0n) is 16.0. The standard InChI is InChI=1S/C22H23N3O3/c1-15-8-9-18(12-16(15)2)19-14-23-22(28-19)11-10-20(26)24-25-21(27)13-17-6-4-3-5-7-17/h3-9,12,14H,10-11,13H2,1-2H3,(H,24,26)(H,25,27). The Hall–Kier alpha value is -3.41. The SMILES string of the molecule is Cc1ccc(-c2cnc(CCC(=O)NNC(=O)Cc3ccccc3)o2)cc1C. The Morgan fingerprint density at radius 2 is 1.71 bits per heavy atom. The lowest BCUT2D eigenvalue weighted by Crippen LogP contribution is -2.42. The third-order valence-corrected chi connectivity index (χ3v) is 4.46. The normalized spacial score (nSPS) is 10.5. The molecule has 3 aromatic rings. The first kappa shape index (κ1) is 19.4. The summed E-state index contributed by atoms with van der Waals surface area (Å²) in [6.45, 7) is 4.11. The van der Waals surface area contributed by atoms with Gasteiger partial charge in [-0.1, -0.05) is 42.5 Å². The van der Waals surface area contributed by atoms with Crippen LogP contribution < -0.4 is 10.9 Å². The van der Waals surface area contributed by atoms with Crippen LogP contribution in [-0.2, 0) is 22.4 Å². The van der Waals surface area contributed by atoms with E-state index in [4.69, 9.17) is 4.42 Å². The molecule has 1 heterocycles. The Bertz CT molecular complexity index is 964. The van der Waals surface area contributed by atoms with Crippen LogP contribution in [0.3, 0.4) is 0 Å². The van der Waals surface area contributed by atoms with Gasteiger partial charge < -0.3 is 4.42 Å². The Balaban J connectivity index is 1.45. The summed E-state index contributed by atoms with van der Waals surface area (Å²) in [4.78, 5) is 28.0. The molecule has 0 radical (unpaired) electrons. The number of oxazole rings is 1. The zero-order valence-corrected chi connectivity index (χ0v) is 16.0. The second-order valence-corrected chi connectivity index (χ2v) is 6.68. The predicted molar refractivity (Wildman–Crippen MR) is 106 cm³/mol. The summed E-state index contributed by atoms with van der Waals surface area (Å²) in [7, 11) is 0. The molecular formula is C22H23N3O3. The number of hydrazine groups is 1. The first-order valence-corrected chi connectivity index (χ1v) is 9.15. The number of aryl methyl sites for hydroxylation is 3. The fraction of sp³-hybridized carbons (Fsp3) is 0.227. The monoisotopic (exact) mass is 377 g/mol. The third-order valence-electron chi connectivity index (χ3n) is 4.46. The van der Waals surface area contributed by atoms with Crippen LogP contribution in [0.5, 0.6) is 0 Å². The molecule has 0 saturated heterocycles. The van der Waals surface area contributed by atoms with Crippen molar-refractivity contribution in [2.45, 2.75) is 33.1 Å². The van der Waals surface area contributed by atoms with Gasteiger partial charge in [-0.05, 0) is 36.6 Å². The molecule has 2 amide bonds. The van der Waals surface area contributed by atoms with Crippen molar-refractivity contribution < 1.29 is 14.0 Å². The van der Waals surface area contributed by atoms with E-state index in [-0.39, 0.29) is 24.7 Å². The maximum absolute atomic E-state index is 11.9. The minimum Gasteiger partial charge on any atom is -0.441 e. The smallest absolute Gasteiger partial charge is 0.242 e. The Kier molecular flexibility index (Phi) is 6.22. The average Bonchev–Trinajstić information content (AvgIpc) is 3.17. The molecule has 0 atom stereocenters. The molecule has 1 aromatic heterocycles. The van der Waals surface area contributed by atoms with E-state index < -0.39 is 0 Å². The summed E-state index contributed by atoms with van der Waals surface area (Å²) < 4.78 is 5.74. The highest BCUT2D eigenvalue weighted by Gasteiger charge is 2.10. The number of carbonyl (C=O) groups is 2. The first-order chi connectivity index (χ1) is 13.5. The highest BCUT2D eigenvalue weighted by atomic mass is 16.4. The maximum atomic E-state index is 11.9. The number of benzene rings is 2. The first-order valence-electron chi connectivity index (χ1n) is 9.15. The minimum atomic E-state index is -0.299. The number of rotatable bonds is 6. The van der Waals surface area contributed by atoms with Crippen LogP contribution in [0.25, 0.3) is 11.3 Å². The topological polar surface area (TPSA) is 84.2 Å². The quantitative estimate of drug-likeness (QED) is 0.646. The van der Waals surface area contributed by atoms with Gasteiger partial charge in [-0.3, -0.25) is 20.4 Å². The molecule has 0 aliphatic carbocycles. The van der Waals surface area contributed by atoms with Crippen molar-refractivity contribution in [3.05, 3.63) is 77.3 Å². The number of hydrogen-bond donors (Lipinski definition) is 2. The Labute approximate surface area is 164 Å². The van der Waals surface area contributed by atoms with Crippen LogP contribution in [0.4, 0.5) is 0 Å². The summed E-state index contributed by atoms with van der Waals surface area (Å²) in [6.07, 6.45) is 2.39. The second-order valence-electron chi connectivity index (χ2n) is 6.68. The van der Waals surface area contributed by atoms with E-state index in [1.165, 1.54) is 11.1 Å². The second kappa shape index (κ2) is 8.99. The van der Waals surface area contributed by atoms with Crippen LogP contribution in [0.1, 0.15) is 29.0 Å². The van der Waals surface area contributed by atoms with Crippen LogP contribution in [0.2, 0.25) is 0 Å². The molecule has 28 heavy (non-hydrogen) atoms. The molecule has 6 nitrogen and oxygen atoms in total. The average molecular weight is 377 g/mol. The van der Waals surface area contributed by atoms with Crippen molar-refractivity contribution in [2.24, 2.45) is 0 Å². The summed E-state index contributed by atoms with van der Waals surface area (Å²) >= 11 is 0. The van der Waals surface area contributed by atoms with Crippen molar-refractivity contribution in [3.63, 3.8) is 0 Å². The van der Waals surface area contributed by atoms with Gasteiger partial charge in [-0.2, -0.15) is 0 Å². The van der Waals surface area contributed by atoms with E-state index in [0.29, 0.717) is 18.1 Å². The molecule has 0 saturated carbocycles. The van der Waals surface area contributed by atoms with E-state index in [2.05, 4.69) is 28.8 Å². The highest BCUT2D eigenvalue weighted by Crippen LogP contribution is 2.23. The van der Waals surface area contributed by atoms with Gasteiger partial charge in [0.15, 0.2) is 11.7 Å². The minimum absolute atomic E-state index is 0.165. The zero-order chi connectivity index (χ0) is 19.9. The lowest BCUT2D eigenvalue weighted by Gasteiger charge is -2.06. The van der Waals surface area contributed by atoms with E-state index in [9.17, 15) is 9.59 Å². The van der Waals surface area contributed by atoms with Crippen molar-refractivity contribution >= 4 is 11.8 Å². The number of amides is 2. The molecule has 0 aliphatic heterocycles. The van der Waals surface area contributed by atoms with Gasteiger partial charge in [0.2, 0.25) is 11.8 Å². The molecule has 0 spiro atoms. The summed E-state index contributed by atoms with van der Waals surface area (Å²) in [6, 6.07) is 15.4. The number of carbonyl (C=O) groups excluding carboxylic acids is 2. The van der Waals surface area contributed by atoms with Crippen molar-refractivity contribution in [2.75, 3.05) is 0 Å². The summed E-state index contributed by atoms with van der Waals surface area (Å²) in [5.74, 6) is 0.591. The van der Waals surface area contributed by atoms with Crippen molar-refractivity contribution in [1.82, 2.24) is 15.8 Å². The molecule has 0 bridgehead atoms. The van der Waals surface area contributed by atoms with E-state index in [0.717, 1.165) is 11.1 Å². The Morgan fingerprint density at radius 3 is 2.46 bits per heavy atom. The van der Waals surface area contributed by atoms with Crippen LogP contribution in [0.15, 0.2) is 59.1 Å². The lowest BCUT2D eigenvalue weighted by atomic mass is 10.1. The Morgan fingerprint density at radius 1 is 0.964 bits per heavy atom. The van der Waals surface area contributed by atoms with Gasteiger partial charge >= 0.3 is 0 Å². The van der Waals surface area contributed by atoms with Crippen molar-refractivity contribution in [3.8, 4) is 11.3 Å². The molecule has 0 aliphatic rings. The number of nitrogens with zero attached hydrogens (tertiary/aromatic N) is 1. The lowest BCUT2D eigenvalue weighted by molar-refractivity contribution is -0.128. The fourth-order valence-corrected chi connectivity index (χ4v) is 2.70. The van der Waals surface area contributed by atoms with E-state index in [1.807, 2.05) is 49.4 Å². The van der Waals surface area contributed by atoms with Crippen LogP contribution in [0, 0.1) is 13.8 Å². The molecule has 3 rings (SSSR count). The molecule has 144 valence electrons. The predicted octanol–water partition coefficient (Wildman–Crippen LogP) is 3.28. The number of nitrogens with one attached hydrogen (secondary N) is 2. The molecule has 2 N–H and O–H groups in total. The molecule has 0 unspecified atom stereocenters. The molecule has 0 fully saturated rings. The largest absolute Gasteiger partial charge is 0.441 e. The van der Waals surface area contributed by atoms with Gasteiger partial charge in [0.1, 0.15) is 0 Å². The van der Waals surface area contributed by atoms with E-state index >= 15 is 0 Å². The summed E-state index contributed by atoms with van der Waals surface area (Å²) in [5, 5.41) is 0. The maximum Gasteiger partial charge on any atom is 0.242 e. The van der Waals surface area contributed by atoms with Gasteiger partial charge in [0, 0.05) is 18.4 Å². The van der Waals surface area contributed by atoms with Gasteiger partial charge in [0.25, 0.3) is 0 Å². The van der Waals surface area contributed by atoms with Gasteiger partial charge in [-0.15, -0.1) is 0 Å². The number of aromatic nitrogens is 1. The molecule has 6 heteroatoms. The number of hydrogen-bond acceptors (Lipinski definition) is 4. The molecular weight excluding hydrogens is 354 g/mol.